The fourth-order valence-electron chi connectivity index (χ4n) is 1.27. The van der Waals surface area contributed by atoms with Crippen LogP contribution < -0.4 is 5.73 Å². The van der Waals surface area contributed by atoms with Crippen LogP contribution in [-0.2, 0) is 0 Å². The molecule has 1 heterocycles. The number of benzene rings is 1. The molecule has 0 spiro atoms. The summed E-state index contributed by atoms with van der Waals surface area (Å²) in [7, 11) is 0. The minimum absolute atomic E-state index is 0.0147. The number of rotatable bonds is 3. The first-order valence-electron chi connectivity index (χ1n) is 4.64. The predicted octanol–water partition coefficient (Wildman–Crippen LogP) is 3.08. The monoisotopic (exact) mass is 250 g/mol. The van der Waals surface area contributed by atoms with Gasteiger partial charge in [0, 0.05) is 27.7 Å². The Morgan fingerprint density at radius 1 is 1.50 bits per heavy atom. The summed E-state index contributed by atoms with van der Waals surface area (Å²) in [4.78, 5) is 16.5. The molecule has 0 saturated heterocycles. The number of thiazole rings is 1. The second-order valence-electron chi connectivity index (χ2n) is 3.21. The van der Waals surface area contributed by atoms with Crippen LogP contribution in [0.5, 0.6) is 0 Å². The van der Waals surface area contributed by atoms with Crippen LogP contribution in [0.15, 0.2) is 39.0 Å². The summed E-state index contributed by atoms with van der Waals surface area (Å²) in [6.07, 6.45) is 1.76. The highest BCUT2D eigenvalue weighted by molar-refractivity contribution is 8.01. The number of nitrogens with two attached hydrogens (primary N) is 1. The number of Topliss-reactive ketones (excluding diaryl/α,β-unsaturated/α-hetero) is 1. The SMILES string of the molecule is CC(=O)c1cc(Sc2nccs2)ccc1N. The van der Waals surface area contributed by atoms with Gasteiger partial charge in [-0.15, -0.1) is 11.3 Å². The fraction of sp³-hybridized carbons (Fsp3) is 0.0909. The van der Waals surface area contributed by atoms with Gasteiger partial charge in [-0.3, -0.25) is 4.79 Å². The van der Waals surface area contributed by atoms with Crippen molar-refractivity contribution in [2.24, 2.45) is 0 Å². The van der Waals surface area contributed by atoms with Crippen LogP contribution in [-0.4, -0.2) is 10.8 Å². The molecular formula is C11H10N2OS2. The number of nitrogens with zero attached hydrogens (tertiary/aromatic N) is 1. The number of nitrogen functional groups attached to an aromatic ring is 1. The first kappa shape index (κ1) is 11.2. The van der Waals surface area contributed by atoms with Gasteiger partial charge in [0.05, 0.1) is 0 Å². The highest BCUT2D eigenvalue weighted by atomic mass is 32.2. The molecule has 0 bridgehead atoms. The molecule has 16 heavy (non-hydrogen) atoms. The molecule has 0 aliphatic carbocycles. The van der Waals surface area contributed by atoms with Crippen LogP contribution in [0.1, 0.15) is 17.3 Å². The van der Waals surface area contributed by atoms with Gasteiger partial charge < -0.3 is 5.73 Å². The van der Waals surface area contributed by atoms with Crippen molar-refractivity contribution in [3.05, 3.63) is 35.3 Å². The maximum Gasteiger partial charge on any atom is 0.161 e. The average molecular weight is 250 g/mol. The van der Waals surface area contributed by atoms with E-state index < -0.39 is 0 Å². The molecule has 0 aliphatic heterocycles. The summed E-state index contributed by atoms with van der Waals surface area (Å²) in [6, 6.07) is 5.46. The maximum atomic E-state index is 11.3. The molecule has 2 rings (SSSR count). The van der Waals surface area contributed by atoms with Gasteiger partial charge in [0.25, 0.3) is 0 Å². The number of hydrogen-bond acceptors (Lipinski definition) is 5. The van der Waals surface area contributed by atoms with E-state index in [-0.39, 0.29) is 5.78 Å². The van der Waals surface area contributed by atoms with E-state index in [1.165, 1.54) is 18.7 Å². The lowest BCUT2D eigenvalue weighted by Crippen LogP contribution is -1.99. The third kappa shape index (κ3) is 2.43. The first-order valence-corrected chi connectivity index (χ1v) is 6.34. The van der Waals surface area contributed by atoms with Gasteiger partial charge in [-0.25, -0.2) is 4.98 Å². The highest BCUT2D eigenvalue weighted by Gasteiger charge is 2.07. The Labute approximate surface area is 102 Å². The van der Waals surface area contributed by atoms with Crippen molar-refractivity contribution >= 4 is 34.6 Å². The van der Waals surface area contributed by atoms with Crippen LogP contribution in [0, 0.1) is 0 Å². The third-order valence-corrected chi connectivity index (χ3v) is 3.89. The van der Waals surface area contributed by atoms with E-state index in [9.17, 15) is 4.79 Å². The van der Waals surface area contributed by atoms with E-state index in [4.69, 9.17) is 5.73 Å². The van der Waals surface area contributed by atoms with Gasteiger partial charge in [-0.2, -0.15) is 0 Å². The normalized spacial score (nSPS) is 10.3. The van der Waals surface area contributed by atoms with Crippen molar-refractivity contribution in [3.63, 3.8) is 0 Å². The molecule has 0 atom stereocenters. The molecular weight excluding hydrogens is 240 g/mol. The molecule has 0 amide bonds. The van der Waals surface area contributed by atoms with Crippen molar-refractivity contribution in [1.29, 1.82) is 0 Å². The quantitative estimate of drug-likeness (QED) is 0.672. The summed E-state index contributed by atoms with van der Waals surface area (Å²) < 4.78 is 0.958. The lowest BCUT2D eigenvalue weighted by molar-refractivity contribution is 0.101. The molecule has 5 heteroatoms. The maximum absolute atomic E-state index is 11.3. The molecule has 0 aliphatic rings. The average Bonchev–Trinajstić information content (AvgIpc) is 2.73. The first-order chi connectivity index (χ1) is 7.66. The van der Waals surface area contributed by atoms with Crippen molar-refractivity contribution in [2.75, 3.05) is 5.73 Å². The molecule has 1 aromatic carbocycles. The van der Waals surface area contributed by atoms with Gasteiger partial charge in [-0.05, 0) is 25.1 Å². The standard InChI is InChI=1S/C11H10N2OS2/c1-7(14)9-6-8(2-3-10(9)12)16-11-13-4-5-15-11/h2-6H,12H2,1H3. The Hall–Kier alpha value is -1.33. The van der Waals surface area contributed by atoms with E-state index in [1.807, 2.05) is 17.5 Å². The second-order valence-corrected chi connectivity index (χ2v) is 5.42. The summed E-state index contributed by atoms with van der Waals surface area (Å²) in [5, 5.41) is 1.92. The smallest absolute Gasteiger partial charge is 0.161 e. The third-order valence-electron chi connectivity index (χ3n) is 2.02. The molecule has 0 fully saturated rings. The predicted molar refractivity (Wildman–Crippen MR) is 67.1 cm³/mol. The summed E-state index contributed by atoms with van der Waals surface area (Å²) in [5.74, 6) is -0.0147. The lowest BCUT2D eigenvalue weighted by Gasteiger charge is -2.04. The lowest BCUT2D eigenvalue weighted by atomic mass is 10.1. The van der Waals surface area contributed by atoms with E-state index in [1.54, 1.807) is 23.6 Å². The summed E-state index contributed by atoms with van der Waals surface area (Å²) in [6.45, 7) is 1.52. The number of aromatic nitrogens is 1. The van der Waals surface area contributed by atoms with Gasteiger partial charge in [0.1, 0.15) is 0 Å². The number of ketones is 1. The largest absolute Gasteiger partial charge is 0.398 e. The molecule has 2 aromatic rings. The minimum Gasteiger partial charge on any atom is -0.398 e. The molecule has 0 saturated carbocycles. The number of carbonyl (C=O) groups excluding carboxylic acids is 1. The zero-order valence-electron chi connectivity index (χ0n) is 8.64. The highest BCUT2D eigenvalue weighted by Crippen LogP contribution is 2.31. The number of anilines is 1. The van der Waals surface area contributed by atoms with E-state index in [0.717, 1.165) is 9.24 Å². The molecule has 2 N–H and O–H groups in total. The molecule has 0 radical (unpaired) electrons. The zero-order chi connectivity index (χ0) is 11.5. The minimum atomic E-state index is -0.0147. The van der Waals surface area contributed by atoms with Gasteiger partial charge >= 0.3 is 0 Å². The summed E-state index contributed by atoms with van der Waals surface area (Å²) in [5.41, 5.74) is 6.82. The Morgan fingerprint density at radius 3 is 2.94 bits per heavy atom. The molecule has 3 nitrogen and oxygen atoms in total. The number of hydrogen-bond donors (Lipinski definition) is 1. The second kappa shape index (κ2) is 4.67. The van der Waals surface area contributed by atoms with Gasteiger partial charge in [0.2, 0.25) is 0 Å². The van der Waals surface area contributed by atoms with Crippen molar-refractivity contribution in [3.8, 4) is 0 Å². The van der Waals surface area contributed by atoms with Crippen molar-refractivity contribution < 1.29 is 4.79 Å². The van der Waals surface area contributed by atoms with E-state index in [0.29, 0.717) is 11.3 Å². The van der Waals surface area contributed by atoms with Crippen molar-refractivity contribution in [2.45, 2.75) is 16.2 Å². The molecule has 1 aromatic heterocycles. The fourth-order valence-corrected chi connectivity index (χ4v) is 2.90. The number of carbonyl (C=O) groups is 1. The van der Waals surface area contributed by atoms with Crippen LogP contribution in [0.2, 0.25) is 0 Å². The Kier molecular flexibility index (Phi) is 3.26. The Bertz CT molecular complexity index is 509. The van der Waals surface area contributed by atoms with Crippen LogP contribution >= 0.6 is 23.1 Å². The van der Waals surface area contributed by atoms with Crippen molar-refractivity contribution in [1.82, 2.24) is 4.98 Å². The Balaban J connectivity index is 2.29. The topological polar surface area (TPSA) is 56.0 Å². The van der Waals surface area contributed by atoms with Crippen LogP contribution in [0.4, 0.5) is 5.69 Å². The zero-order valence-corrected chi connectivity index (χ0v) is 10.3. The molecule has 82 valence electrons. The molecule has 0 unspecified atom stereocenters. The van der Waals surface area contributed by atoms with E-state index in [2.05, 4.69) is 4.98 Å². The van der Waals surface area contributed by atoms with Gasteiger partial charge in [0.15, 0.2) is 10.1 Å². The van der Waals surface area contributed by atoms with Gasteiger partial charge in [-0.1, -0.05) is 11.8 Å². The van der Waals surface area contributed by atoms with Crippen LogP contribution in [0.25, 0.3) is 0 Å². The van der Waals surface area contributed by atoms with E-state index >= 15 is 0 Å². The Morgan fingerprint density at radius 2 is 2.31 bits per heavy atom. The van der Waals surface area contributed by atoms with Crippen LogP contribution in [0.3, 0.4) is 0 Å². The summed E-state index contributed by atoms with van der Waals surface area (Å²) >= 11 is 3.11.